The van der Waals surface area contributed by atoms with Gasteiger partial charge in [0, 0.05) is 17.7 Å². The number of unbranched alkanes of at least 4 members (excludes halogenated alkanes) is 1. The van der Waals surface area contributed by atoms with Gasteiger partial charge in [-0.05, 0) is 63.4 Å². The van der Waals surface area contributed by atoms with E-state index in [0.717, 1.165) is 0 Å². The number of rotatable bonds is 17. The van der Waals surface area contributed by atoms with Gasteiger partial charge in [0.05, 0.1) is 18.4 Å². The molecule has 0 aliphatic heterocycles. The monoisotopic (exact) mass is 640 g/mol. The number of nitrogen functional groups attached to an aromatic ring is 1. The van der Waals surface area contributed by atoms with Gasteiger partial charge < -0.3 is 42.9 Å². The van der Waals surface area contributed by atoms with Gasteiger partial charge in [0.15, 0.2) is 11.2 Å². The molecule has 0 bridgehead atoms. The lowest BCUT2D eigenvalue weighted by Gasteiger charge is -2.19. The number of carboxylic acid groups (broad SMARTS) is 2. The number of carboxylic acids is 2. The van der Waals surface area contributed by atoms with Crippen LogP contribution in [0.15, 0.2) is 35.3 Å². The molecule has 0 radical (unpaired) electrons. The number of hydrogen-bond donors (Lipinski definition) is 9. The lowest BCUT2D eigenvalue weighted by atomic mass is 10.1. The van der Waals surface area contributed by atoms with Gasteiger partial charge in [0.25, 0.3) is 11.5 Å². The molecule has 0 saturated heterocycles. The molecule has 0 saturated carbocycles. The molecule has 0 aliphatic rings. The topological polar surface area (TPSA) is 297 Å². The number of carbonyl (C=O) groups excluding carboxylic acids is 3. The van der Waals surface area contributed by atoms with E-state index >= 15 is 0 Å². The Kier molecular flexibility index (Phi) is 12.4. The van der Waals surface area contributed by atoms with Crippen molar-refractivity contribution in [3.8, 4) is 0 Å². The number of H-pyrrole nitrogens is 1. The van der Waals surface area contributed by atoms with E-state index in [1.807, 2.05) is 0 Å². The Hall–Kier alpha value is -5.65. The van der Waals surface area contributed by atoms with Crippen molar-refractivity contribution in [2.45, 2.75) is 63.7 Å². The molecular weight excluding hydrogens is 604 g/mol. The zero-order valence-electron chi connectivity index (χ0n) is 24.9. The fraction of sp³-hybridized carbons (Fsp3) is 0.393. The molecule has 1 aromatic carbocycles. The summed E-state index contributed by atoms with van der Waals surface area (Å²) in [5.74, 6) is -4.70. The van der Waals surface area contributed by atoms with Crippen molar-refractivity contribution >= 4 is 52.5 Å². The third kappa shape index (κ3) is 10.2. The third-order valence-corrected chi connectivity index (χ3v) is 6.70. The van der Waals surface area contributed by atoms with Crippen molar-refractivity contribution < 1.29 is 34.2 Å². The van der Waals surface area contributed by atoms with Crippen LogP contribution in [0.2, 0.25) is 0 Å². The third-order valence-electron chi connectivity index (χ3n) is 6.70. The van der Waals surface area contributed by atoms with E-state index < -0.39 is 53.3 Å². The number of fused-ring (bicyclic) bond motifs is 1. The summed E-state index contributed by atoms with van der Waals surface area (Å²) in [7, 11) is 0. The van der Waals surface area contributed by atoms with E-state index in [-0.39, 0.29) is 48.5 Å². The summed E-state index contributed by atoms with van der Waals surface area (Å²) in [4.78, 5) is 87.3. The Labute approximate surface area is 261 Å². The van der Waals surface area contributed by atoms with Crippen LogP contribution in [-0.2, 0) is 25.7 Å². The first-order valence-corrected chi connectivity index (χ1v) is 14.3. The lowest BCUT2D eigenvalue weighted by Crippen LogP contribution is -2.50. The second-order valence-corrected chi connectivity index (χ2v) is 10.3. The summed E-state index contributed by atoms with van der Waals surface area (Å²) in [6, 6.07) is 2.47. The van der Waals surface area contributed by atoms with Crippen LogP contribution in [0.5, 0.6) is 0 Å². The number of carbonyl (C=O) groups is 5. The van der Waals surface area contributed by atoms with Crippen LogP contribution >= 0.6 is 0 Å². The predicted molar refractivity (Wildman–Crippen MR) is 164 cm³/mol. The largest absolute Gasteiger partial charge is 0.480 e. The molecule has 0 unspecified atom stereocenters. The van der Waals surface area contributed by atoms with E-state index in [4.69, 9.17) is 11.5 Å². The molecule has 3 amide bonds. The number of aromatic nitrogens is 4. The quantitative estimate of drug-likeness (QED) is 0.0806. The number of hydrogen-bond acceptors (Lipinski definition) is 12. The summed E-state index contributed by atoms with van der Waals surface area (Å²) in [6.45, 7) is 1.95. The molecule has 46 heavy (non-hydrogen) atoms. The Bertz CT molecular complexity index is 1630. The minimum Gasteiger partial charge on any atom is -0.480 e. The number of nitrogens with zero attached hydrogens (tertiary/aromatic N) is 3. The predicted octanol–water partition coefficient (Wildman–Crippen LogP) is -0.926. The van der Waals surface area contributed by atoms with Crippen molar-refractivity contribution in [2.75, 3.05) is 17.6 Å². The minimum absolute atomic E-state index is 0.0320. The fourth-order valence-electron chi connectivity index (χ4n) is 4.19. The number of amides is 3. The number of anilines is 2. The van der Waals surface area contributed by atoms with Crippen molar-refractivity contribution in [3.63, 3.8) is 0 Å². The van der Waals surface area contributed by atoms with Gasteiger partial charge in [-0.15, -0.1) is 0 Å². The average Bonchev–Trinajstić information content (AvgIpc) is 3.01. The SMILES string of the molecule is C[C@H](NC(=O)CC[C@@H](NC(=O)c1ccc(NCc2cnc3nc(N)[nH]c(=O)c3n2)cc1)C(=O)O)C(=O)N[C@H](CCCCN)C(=O)O. The average molecular weight is 641 g/mol. The molecule has 0 fully saturated rings. The molecule has 3 atom stereocenters. The van der Waals surface area contributed by atoms with Crippen molar-refractivity contribution in [1.29, 1.82) is 0 Å². The molecule has 0 aliphatic carbocycles. The maximum atomic E-state index is 12.7. The minimum atomic E-state index is -1.40. The van der Waals surface area contributed by atoms with Gasteiger partial charge in [0.1, 0.15) is 18.1 Å². The summed E-state index contributed by atoms with van der Waals surface area (Å²) < 4.78 is 0. The van der Waals surface area contributed by atoms with Gasteiger partial charge in [-0.25, -0.2) is 19.6 Å². The Morgan fingerprint density at radius 2 is 1.61 bits per heavy atom. The molecule has 18 nitrogen and oxygen atoms in total. The second-order valence-electron chi connectivity index (χ2n) is 10.3. The molecule has 18 heteroatoms. The van der Waals surface area contributed by atoms with Crippen LogP contribution in [0, 0.1) is 0 Å². The van der Waals surface area contributed by atoms with E-state index in [9.17, 15) is 39.0 Å². The van der Waals surface area contributed by atoms with Crippen LogP contribution < -0.4 is 38.3 Å². The first-order chi connectivity index (χ1) is 21.9. The van der Waals surface area contributed by atoms with Gasteiger partial charge in [0.2, 0.25) is 17.8 Å². The van der Waals surface area contributed by atoms with Gasteiger partial charge in [-0.1, -0.05) is 0 Å². The highest BCUT2D eigenvalue weighted by Crippen LogP contribution is 2.12. The van der Waals surface area contributed by atoms with Gasteiger partial charge in [-0.2, -0.15) is 4.98 Å². The zero-order chi connectivity index (χ0) is 33.8. The van der Waals surface area contributed by atoms with Crippen LogP contribution in [-0.4, -0.2) is 84.5 Å². The zero-order valence-corrected chi connectivity index (χ0v) is 24.9. The van der Waals surface area contributed by atoms with Gasteiger partial charge >= 0.3 is 11.9 Å². The lowest BCUT2D eigenvalue weighted by molar-refractivity contribution is -0.142. The maximum absolute atomic E-state index is 12.7. The van der Waals surface area contributed by atoms with Crippen LogP contribution in [0.25, 0.3) is 11.2 Å². The molecule has 3 aromatic rings. The molecule has 2 aromatic heterocycles. The highest BCUT2D eigenvalue weighted by Gasteiger charge is 2.25. The number of nitrogens with two attached hydrogens (primary N) is 2. The van der Waals surface area contributed by atoms with E-state index in [0.29, 0.717) is 30.8 Å². The van der Waals surface area contributed by atoms with Crippen LogP contribution in [0.4, 0.5) is 11.6 Å². The van der Waals surface area contributed by atoms with E-state index in [1.54, 1.807) is 12.1 Å². The summed E-state index contributed by atoms with van der Waals surface area (Å²) >= 11 is 0. The Morgan fingerprint density at radius 3 is 2.26 bits per heavy atom. The fourth-order valence-corrected chi connectivity index (χ4v) is 4.19. The van der Waals surface area contributed by atoms with Crippen molar-refractivity contribution in [2.24, 2.45) is 5.73 Å². The van der Waals surface area contributed by atoms with E-state index in [2.05, 4.69) is 41.2 Å². The number of aromatic amines is 1. The number of benzene rings is 1. The molecule has 2 heterocycles. The molecule has 3 rings (SSSR count). The summed E-state index contributed by atoms with van der Waals surface area (Å²) in [5.41, 5.74) is 11.7. The maximum Gasteiger partial charge on any atom is 0.326 e. The normalized spacial score (nSPS) is 12.8. The smallest absolute Gasteiger partial charge is 0.326 e. The Morgan fingerprint density at radius 1 is 0.935 bits per heavy atom. The van der Waals surface area contributed by atoms with Crippen molar-refractivity contribution in [3.05, 3.63) is 52.1 Å². The first-order valence-electron chi connectivity index (χ1n) is 14.3. The second kappa shape index (κ2) is 16.4. The molecule has 246 valence electrons. The molecule has 11 N–H and O–H groups in total. The molecular formula is C28H36N10O8. The summed E-state index contributed by atoms with van der Waals surface area (Å²) in [5, 5.41) is 29.1. The number of nitrogens with one attached hydrogen (secondary N) is 5. The highest BCUT2D eigenvalue weighted by atomic mass is 16.4. The van der Waals surface area contributed by atoms with Crippen molar-refractivity contribution in [1.82, 2.24) is 35.9 Å². The number of aliphatic carboxylic acids is 2. The highest BCUT2D eigenvalue weighted by molar-refractivity contribution is 5.97. The molecule has 0 spiro atoms. The van der Waals surface area contributed by atoms with Crippen LogP contribution in [0.1, 0.15) is 55.1 Å². The summed E-state index contributed by atoms with van der Waals surface area (Å²) in [6.07, 6.45) is 2.11. The Balaban J connectivity index is 1.49. The van der Waals surface area contributed by atoms with Crippen LogP contribution in [0.3, 0.4) is 0 Å². The standard InChI is InChI=1S/C28H36N10O8/c1-14(23(40)35-18(26(43)44)4-2-3-11-29)33-20(39)10-9-19(27(45)46)36-24(41)15-5-7-16(8-6-15)31-12-17-13-32-22-21(34-17)25(42)38-28(30)37-22/h5-8,13-14,18-19,31H,2-4,9-12,29H2,1H3,(H,33,39)(H,35,40)(H,36,41)(H,43,44)(H,45,46)(H3,30,32,37,38,42)/t14-,18+,19+/m0/s1. The van der Waals surface area contributed by atoms with E-state index in [1.165, 1.54) is 25.3 Å². The first kappa shape index (κ1) is 34.8. The van der Waals surface area contributed by atoms with Gasteiger partial charge in [-0.3, -0.25) is 24.2 Å².